The molecule has 1 rings (SSSR count). The molecule has 3 nitrogen and oxygen atoms in total. The summed E-state index contributed by atoms with van der Waals surface area (Å²) in [5.41, 5.74) is 6.19. The maximum Gasteiger partial charge on any atom is 0.0402 e. The molecular weight excluding hydrogens is 128 g/mol. The van der Waals surface area contributed by atoms with Gasteiger partial charge in [-0.1, -0.05) is 6.42 Å². The van der Waals surface area contributed by atoms with Crippen LogP contribution in [0.2, 0.25) is 0 Å². The molecule has 3 N–H and O–H groups in total. The average molecular weight is 146 g/mol. The van der Waals surface area contributed by atoms with Crippen LogP contribution in [0.1, 0.15) is 26.2 Å². The molecule has 1 aliphatic rings. The van der Waals surface area contributed by atoms with Crippen molar-refractivity contribution >= 4 is 0 Å². The van der Waals surface area contributed by atoms with Crippen molar-refractivity contribution in [3.8, 4) is 0 Å². The summed E-state index contributed by atoms with van der Waals surface area (Å²) in [7, 11) is 0. The van der Waals surface area contributed by atoms with Gasteiger partial charge in [-0.3, -0.25) is 10.9 Å². The lowest BCUT2D eigenvalue weighted by Crippen LogP contribution is -2.30. The van der Waals surface area contributed by atoms with Crippen LogP contribution in [-0.4, -0.2) is 24.8 Å². The fraction of sp³-hybridized carbons (Fsp3) is 1.00. The summed E-state index contributed by atoms with van der Waals surface area (Å²) in [6.45, 7) is 4.21. The molecule has 3 heteroatoms. The van der Waals surface area contributed by atoms with Gasteiger partial charge >= 0.3 is 0 Å². The molecule has 1 aliphatic heterocycles. The van der Waals surface area contributed by atoms with Crippen LogP contribution in [0.25, 0.3) is 0 Å². The van der Waals surface area contributed by atoms with E-state index in [0.717, 1.165) is 13.1 Å². The van der Waals surface area contributed by atoms with Crippen LogP contribution in [0.15, 0.2) is 0 Å². The summed E-state index contributed by atoms with van der Waals surface area (Å²) < 4.78 is 0. The Morgan fingerprint density at radius 3 is 1.90 bits per heavy atom. The molecule has 0 aromatic rings. The summed E-state index contributed by atoms with van der Waals surface area (Å²) >= 11 is 0. The number of aliphatic hydroxyl groups excluding tert-OH is 1. The first kappa shape index (κ1) is 9.88. The van der Waals surface area contributed by atoms with Crippen molar-refractivity contribution in [2.75, 3.05) is 19.7 Å². The molecular formula is C7H18N2O. The summed E-state index contributed by atoms with van der Waals surface area (Å²) in [5, 5.41) is 7.57. The molecule has 0 amide bonds. The minimum atomic E-state index is 0.250. The standard InChI is InChI=1S/C5H12N2.C2H6O/c1-2-4-6-7-5-3-1;1-2-3/h6-7H,1-5H2;3H,2H2,1H3. The van der Waals surface area contributed by atoms with Crippen molar-refractivity contribution in [1.29, 1.82) is 0 Å². The highest BCUT2D eigenvalue weighted by Crippen LogP contribution is 1.93. The van der Waals surface area contributed by atoms with Crippen molar-refractivity contribution in [2.45, 2.75) is 26.2 Å². The first-order chi connectivity index (χ1) is 4.91. The third kappa shape index (κ3) is 7.88. The topological polar surface area (TPSA) is 44.3 Å². The lowest BCUT2D eigenvalue weighted by molar-refractivity contribution is 0.318. The van der Waals surface area contributed by atoms with E-state index in [2.05, 4.69) is 10.9 Å². The molecule has 0 saturated carbocycles. The monoisotopic (exact) mass is 146 g/mol. The second kappa shape index (κ2) is 8.88. The van der Waals surface area contributed by atoms with Crippen LogP contribution < -0.4 is 10.9 Å². The highest BCUT2D eigenvalue weighted by Gasteiger charge is 1.92. The van der Waals surface area contributed by atoms with Gasteiger partial charge in [0.25, 0.3) is 0 Å². The molecule has 10 heavy (non-hydrogen) atoms. The van der Waals surface area contributed by atoms with Crippen molar-refractivity contribution in [1.82, 2.24) is 10.9 Å². The zero-order valence-corrected chi connectivity index (χ0v) is 6.69. The van der Waals surface area contributed by atoms with Crippen molar-refractivity contribution in [2.24, 2.45) is 0 Å². The maximum atomic E-state index is 7.57. The smallest absolute Gasteiger partial charge is 0.0402 e. The summed E-state index contributed by atoms with van der Waals surface area (Å²) in [6, 6.07) is 0. The van der Waals surface area contributed by atoms with E-state index in [1.165, 1.54) is 19.3 Å². The highest BCUT2D eigenvalue weighted by molar-refractivity contribution is 4.51. The number of nitrogens with one attached hydrogen (secondary N) is 2. The van der Waals surface area contributed by atoms with Crippen molar-refractivity contribution < 1.29 is 5.11 Å². The normalized spacial score (nSPS) is 18.6. The number of hydrazine groups is 1. The summed E-state index contributed by atoms with van der Waals surface area (Å²) in [5.74, 6) is 0. The highest BCUT2D eigenvalue weighted by atomic mass is 16.2. The molecule has 1 heterocycles. The molecule has 0 bridgehead atoms. The van der Waals surface area contributed by atoms with Crippen LogP contribution in [0.3, 0.4) is 0 Å². The number of hydrogen-bond donors (Lipinski definition) is 3. The van der Waals surface area contributed by atoms with Crippen LogP contribution >= 0.6 is 0 Å². The van der Waals surface area contributed by atoms with Crippen LogP contribution in [-0.2, 0) is 0 Å². The zero-order chi connectivity index (χ0) is 7.66. The van der Waals surface area contributed by atoms with Crippen molar-refractivity contribution in [3.05, 3.63) is 0 Å². The van der Waals surface area contributed by atoms with Gasteiger partial charge in [-0.05, 0) is 19.8 Å². The SMILES string of the molecule is C1CCNNCC1.CCO. The van der Waals surface area contributed by atoms with Crippen LogP contribution in [0.5, 0.6) is 0 Å². The molecule has 1 saturated heterocycles. The molecule has 0 aromatic heterocycles. The molecule has 0 aromatic carbocycles. The summed E-state index contributed by atoms with van der Waals surface area (Å²) in [6.07, 6.45) is 4.03. The van der Waals surface area contributed by atoms with Gasteiger partial charge in [0.1, 0.15) is 0 Å². The van der Waals surface area contributed by atoms with Gasteiger partial charge in [0.05, 0.1) is 0 Å². The Hall–Kier alpha value is -0.120. The molecule has 0 unspecified atom stereocenters. The van der Waals surface area contributed by atoms with E-state index in [0.29, 0.717) is 0 Å². The van der Waals surface area contributed by atoms with E-state index in [9.17, 15) is 0 Å². The van der Waals surface area contributed by atoms with Gasteiger partial charge in [-0.2, -0.15) is 0 Å². The Bertz CT molecular complexity index is 39.9. The minimum Gasteiger partial charge on any atom is -0.397 e. The quantitative estimate of drug-likeness (QED) is 0.459. The Labute approximate surface area is 62.8 Å². The second-order valence-electron chi connectivity index (χ2n) is 2.23. The van der Waals surface area contributed by atoms with Crippen LogP contribution in [0, 0.1) is 0 Å². The largest absolute Gasteiger partial charge is 0.397 e. The predicted molar refractivity (Wildman–Crippen MR) is 42.6 cm³/mol. The lowest BCUT2D eigenvalue weighted by atomic mass is 10.2. The first-order valence-electron chi connectivity index (χ1n) is 3.98. The molecule has 0 spiro atoms. The number of aliphatic hydroxyl groups is 1. The molecule has 0 aliphatic carbocycles. The van der Waals surface area contributed by atoms with E-state index in [1.807, 2.05) is 0 Å². The van der Waals surface area contributed by atoms with Gasteiger partial charge in [0, 0.05) is 19.7 Å². The van der Waals surface area contributed by atoms with Gasteiger partial charge < -0.3 is 5.11 Å². The molecule has 62 valence electrons. The maximum absolute atomic E-state index is 7.57. The van der Waals surface area contributed by atoms with Crippen LogP contribution in [0.4, 0.5) is 0 Å². The minimum absolute atomic E-state index is 0.250. The van der Waals surface area contributed by atoms with Gasteiger partial charge in [0.2, 0.25) is 0 Å². The van der Waals surface area contributed by atoms with E-state index >= 15 is 0 Å². The fourth-order valence-electron chi connectivity index (χ4n) is 0.780. The van der Waals surface area contributed by atoms with E-state index in [1.54, 1.807) is 6.92 Å². The Morgan fingerprint density at radius 2 is 1.50 bits per heavy atom. The molecule has 1 fully saturated rings. The average Bonchev–Trinajstić information content (AvgIpc) is 2.17. The fourth-order valence-corrected chi connectivity index (χ4v) is 0.780. The third-order valence-corrected chi connectivity index (χ3v) is 1.23. The number of rotatable bonds is 0. The Balaban J connectivity index is 0.000000236. The van der Waals surface area contributed by atoms with Gasteiger partial charge in [-0.25, -0.2) is 0 Å². The number of hydrogen-bond acceptors (Lipinski definition) is 3. The predicted octanol–water partition coefficient (Wildman–Crippen LogP) is 0.263. The van der Waals surface area contributed by atoms with Crippen molar-refractivity contribution in [3.63, 3.8) is 0 Å². The zero-order valence-electron chi connectivity index (χ0n) is 6.69. The first-order valence-corrected chi connectivity index (χ1v) is 3.98. The Morgan fingerprint density at radius 1 is 1.10 bits per heavy atom. The molecule has 0 radical (unpaired) electrons. The van der Waals surface area contributed by atoms with E-state index in [-0.39, 0.29) is 6.61 Å². The van der Waals surface area contributed by atoms with E-state index < -0.39 is 0 Å². The van der Waals surface area contributed by atoms with Gasteiger partial charge in [-0.15, -0.1) is 0 Å². The van der Waals surface area contributed by atoms with E-state index in [4.69, 9.17) is 5.11 Å². The summed E-state index contributed by atoms with van der Waals surface area (Å²) in [4.78, 5) is 0. The Kier molecular flexibility index (Phi) is 8.77. The third-order valence-electron chi connectivity index (χ3n) is 1.23. The lowest BCUT2D eigenvalue weighted by Gasteiger charge is -1.95. The van der Waals surface area contributed by atoms with Gasteiger partial charge in [0.15, 0.2) is 0 Å². The second-order valence-corrected chi connectivity index (χ2v) is 2.23. The molecule has 0 atom stereocenters.